The lowest BCUT2D eigenvalue weighted by molar-refractivity contribution is -0.154. The summed E-state index contributed by atoms with van der Waals surface area (Å²) in [6.45, 7) is 3.36. The Kier molecular flexibility index (Phi) is 6.78. The number of carbonyl (C=O) groups is 2. The third-order valence-electron chi connectivity index (χ3n) is 3.77. The van der Waals surface area contributed by atoms with E-state index in [4.69, 9.17) is 0 Å². The van der Waals surface area contributed by atoms with Crippen molar-refractivity contribution in [3.05, 3.63) is 23.9 Å². The molecule has 2 amide bonds. The van der Waals surface area contributed by atoms with Crippen LogP contribution in [0.1, 0.15) is 17.3 Å². The molecule has 0 saturated carbocycles. The van der Waals surface area contributed by atoms with Gasteiger partial charge in [0.25, 0.3) is 5.91 Å². The molecule has 1 aliphatic rings. The third-order valence-corrected chi connectivity index (χ3v) is 3.77. The Labute approximate surface area is 149 Å². The van der Waals surface area contributed by atoms with E-state index in [0.717, 1.165) is 0 Å². The number of likely N-dealkylation sites (N-methyl/N-ethyl adjacent to an activating group) is 1. The maximum absolute atomic E-state index is 12.4. The molecule has 1 saturated heterocycles. The van der Waals surface area contributed by atoms with E-state index in [-0.39, 0.29) is 23.3 Å². The van der Waals surface area contributed by atoms with Crippen LogP contribution in [-0.4, -0.2) is 78.6 Å². The van der Waals surface area contributed by atoms with Gasteiger partial charge < -0.3 is 15.0 Å². The molecule has 1 aromatic rings. The average Bonchev–Trinajstić information content (AvgIpc) is 2.60. The van der Waals surface area contributed by atoms with Crippen LogP contribution in [0.25, 0.3) is 0 Å². The maximum atomic E-state index is 12.4. The van der Waals surface area contributed by atoms with Gasteiger partial charge in [-0.2, -0.15) is 13.2 Å². The number of ether oxygens (including phenoxy) is 1. The molecule has 0 atom stereocenters. The van der Waals surface area contributed by atoms with Crippen LogP contribution in [0.3, 0.4) is 0 Å². The summed E-state index contributed by atoms with van der Waals surface area (Å²) in [6.07, 6.45) is -3.24. The van der Waals surface area contributed by atoms with Crippen molar-refractivity contribution in [3.8, 4) is 5.88 Å². The second-order valence-electron chi connectivity index (χ2n) is 5.81. The van der Waals surface area contributed by atoms with E-state index in [1.54, 1.807) is 4.90 Å². The molecular weight excluding hydrogens is 353 g/mol. The van der Waals surface area contributed by atoms with Gasteiger partial charge in [0.15, 0.2) is 6.61 Å². The van der Waals surface area contributed by atoms with Crippen molar-refractivity contribution in [3.63, 3.8) is 0 Å². The van der Waals surface area contributed by atoms with Crippen molar-refractivity contribution >= 4 is 11.8 Å². The van der Waals surface area contributed by atoms with Crippen molar-refractivity contribution < 1.29 is 27.5 Å². The molecule has 0 spiro atoms. The van der Waals surface area contributed by atoms with Crippen LogP contribution in [0.5, 0.6) is 5.88 Å². The Hall–Kier alpha value is -2.36. The molecule has 2 heterocycles. The van der Waals surface area contributed by atoms with Gasteiger partial charge >= 0.3 is 6.18 Å². The van der Waals surface area contributed by atoms with Crippen molar-refractivity contribution in [2.75, 3.05) is 45.9 Å². The minimum Gasteiger partial charge on any atom is -0.468 e. The van der Waals surface area contributed by atoms with Gasteiger partial charge in [-0.05, 0) is 13.0 Å². The third kappa shape index (κ3) is 6.17. The van der Waals surface area contributed by atoms with Crippen LogP contribution in [0.2, 0.25) is 0 Å². The lowest BCUT2D eigenvalue weighted by Crippen LogP contribution is -2.51. The summed E-state index contributed by atoms with van der Waals surface area (Å²) in [4.78, 5) is 31.3. The topological polar surface area (TPSA) is 74.8 Å². The van der Waals surface area contributed by atoms with Crippen LogP contribution >= 0.6 is 0 Å². The van der Waals surface area contributed by atoms with E-state index in [0.29, 0.717) is 39.3 Å². The number of hydrogen-bond donors (Lipinski definition) is 1. The van der Waals surface area contributed by atoms with Gasteiger partial charge in [0.1, 0.15) is 0 Å². The molecule has 144 valence electrons. The maximum Gasteiger partial charge on any atom is 0.422 e. The second kappa shape index (κ2) is 8.84. The number of nitrogens with zero attached hydrogens (tertiary/aromatic N) is 3. The zero-order valence-electron chi connectivity index (χ0n) is 14.4. The highest BCUT2D eigenvalue weighted by molar-refractivity contribution is 5.94. The van der Waals surface area contributed by atoms with Gasteiger partial charge in [-0.25, -0.2) is 4.98 Å². The number of piperazine rings is 1. The number of amides is 2. The quantitative estimate of drug-likeness (QED) is 0.802. The predicted octanol–water partition coefficient (Wildman–Crippen LogP) is 0.917. The molecule has 0 radical (unpaired) electrons. The summed E-state index contributed by atoms with van der Waals surface area (Å²) in [5.41, 5.74) is 0.279. The van der Waals surface area contributed by atoms with Crippen LogP contribution in [0.15, 0.2) is 18.3 Å². The van der Waals surface area contributed by atoms with E-state index < -0.39 is 12.8 Å². The average molecular weight is 374 g/mol. The molecule has 26 heavy (non-hydrogen) atoms. The molecule has 1 aliphatic heterocycles. The normalized spacial score (nSPS) is 15.6. The molecule has 0 unspecified atom stereocenters. The van der Waals surface area contributed by atoms with E-state index in [1.165, 1.54) is 18.3 Å². The van der Waals surface area contributed by atoms with Crippen LogP contribution in [0, 0.1) is 0 Å². The van der Waals surface area contributed by atoms with E-state index in [9.17, 15) is 22.8 Å². The lowest BCUT2D eigenvalue weighted by Gasteiger charge is -2.34. The van der Waals surface area contributed by atoms with Gasteiger partial charge in [-0.3, -0.25) is 14.5 Å². The number of rotatable bonds is 6. The zero-order valence-corrected chi connectivity index (χ0v) is 14.4. The van der Waals surface area contributed by atoms with Gasteiger partial charge in [0, 0.05) is 45.0 Å². The molecule has 7 nitrogen and oxygen atoms in total. The largest absolute Gasteiger partial charge is 0.468 e. The predicted molar refractivity (Wildman–Crippen MR) is 86.8 cm³/mol. The summed E-state index contributed by atoms with van der Waals surface area (Å²) in [5.74, 6) is -0.492. The number of halogens is 3. The fourth-order valence-corrected chi connectivity index (χ4v) is 2.50. The van der Waals surface area contributed by atoms with Gasteiger partial charge in [0.2, 0.25) is 11.8 Å². The van der Waals surface area contributed by atoms with Crippen LogP contribution < -0.4 is 10.1 Å². The first-order valence-electron chi connectivity index (χ1n) is 8.22. The Morgan fingerprint density at radius 3 is 2.46 bits per heavy atom. The second-order valence-corrected chi connectivity index (χ2v) is 5.81. The van der Waals surface area contributed by atoms with Crippen molar-refractivity contribution in [1.29, 1.82) is 0 Å². The number of nitrogens with one attached hydrogen (secondary N) is 1. The first-order valence-corrected chi connectivity index (χ1v) is 8.22. The fourth-order valence-electron chi connectivity index (χ4n) is 2.50. The minimum atomic E-state index is -4.44. The Balaban J connectivity index is 1.83. The van der Waals surface area contributed by atoms with Gasteiger partial charge in [0.05, 0.1) is 12.1 Å². The standard InChI is InChI=1S/C16H21F3N4O3/c1-2-20-13(24)10-22-5-7-23(8-6-22)15(25)12-3-4-14(21-9-12)26-11-16(17,18)19/h3-4,9H,2,5-8,10-11H2,1H3,(H,20,24). The molecule has 2 rings (SSSR count). The van der Waals surface area contributed by atoms with Crippen LogP contribution in [-0.2, 0) is 4.79 Å². The molecule has 1 N–H and O–H groups in total. The lowest BCUT2D eigenvalue weighted by atomic mass is 10.2. The monoisotopic (exact) mass is 374 g/mol. The summed E-state index contributed by atoms with van der Waals surface area (Å²) in [7, 11) is 0. The van der Waals surface area contributed by atoms with Gasteiger partial charge in [-0.15, -0.1) is 0 Å². The highest BCUT2D eigenvalue weighted by atomic mass is 19.4. The van der Waals surface area contributed by atoms with E-state index >= 15 is 0 Å². The Bertz CT molecular complexity index is 614. The zero-order chi connectivity index (χ0) is 19.2. The first kappa shape index (κ1) is 20.0. The van der Waals surface area contributed by atoms with E-state index in [2.05, 4.69) is 15.0 Å². The Morgan fingerprint density at radius 2 is 1.92 bits per heavy atom. The number of carbonyl (C=O) groups excluding carboxylic acids is 2. The van der Waals surface area contributed by atoms with E-state index in [1.807, 2.05) is 11.8 Å². The van der Waals surface area contributed by atoms with Crippen LogP contribution in [0.4, 0.5) is 13.2 Å². The fraction of sp³-hybridized carbons (Fsp3) is 0.562. The van der Waals surface area contributed by atoms with Gasteiger partial charge in [-0.1, -0.05) is 0 Å². The number of pyridine rings is 1. The highest BCUT2D eigenvalue weighted by Crippen LogP contribution is 2.17. The molecule has 0 aliphatic carbocycles. The first-order chi connectivity index (χ1) is 12.3. The van der Waals surface area contributed by atoms with Crippen molar-refractivity contribution in [2.45, 2.75) is 13.1 Å². The van der Waals surface area contributed by atoms with Crippen molar-refractivity contribution in [1.82, 2.24) is 20.1 Å². The summed E-state index contributed by atoms with van der Waals surface area (Å²) in [6, 6.07) is 2.63. The summed E-state index contributed by atoms with van der Waals surface area (Å²) >= 11 is 0. The smallest absolute Gasteiger partial charge is 0.422 e. The minimum absolute atomic E-state index is 0.0501. The molecule has 0 bridgehead atoms. The number of hydrogen-bond acceptors (Lipinski definition) is 5. The van der Waals surface area contributed by atoms with Crippen molar-refractivity contribution in [2.24, 2.45) is 0 Å². The summed E-state index contributed by atoms with van der Waals surface area (Å²) in [5, 5.41) is 2.73. The molecule has 0 aromatic carbocycles. The molecule has 10 heteroatoms. The molecule has 1 fully saturated rings. The SMILES string of the molecule is CCNC(=O)CN1CCN(C(=O)c2ccc(OCC(F)(F)F)nc2)CC1. The number of alkyl halides is 3. The summed E-state index contributed by atoms with van der Waals surface area (Å²) < 4.78 is 40.8. The molecule has 1 aromatic heterocycles. The molecular formula is C16H21F3N4O3. The Morgan fingerprint density at radius 1 is 1.23 bits per heavy atom. The number of aromatic nitrogens is 1. The highest BCUT2D eigenvalue weighted by Gasteiger charge is 2.29.